The summed E-state index contributed by atoms with van der Waals surface area (Å²) in [4.78, 5) is 25.0. The number of aryl methyl sites for hydroxylation is 2. The normalized spacial score (nSPS) is 11.0. The predicted octanol–water partition coefficient (Wildman–Crippen LogP) is 4.71. The van der Waals surface area contributed by atoms with E-state index < -0.39 is 28.4 Å². The molecular weight excluding hydrogens is 480 g/mol. The molecular formula is C27H30N2O6S. The van der Waals surface area contributed by atoms with E-state index in [4.69, 9.17) is 9.47 Å². The highest BCUT2D eigenvalue weighted by atomic mass is 32.2. The molecule has 8 nitrogen and oxygen atoms in total. The Morgan fingerprint density at radius 1 is 0.889 bits per heavy atom. The summed E-state index contributed by atoms with van der Waals surface area (Å²) in [6.07, 6.45) is 0. The zero-order valence-electron chi connectivity index (χ0n) is 20.8. The number of nitrogens with one attached hydrogen (secondary N) is 1. The first-order valence-corrected chi connectivity index (χ1v) is 13.0. The topological polar surface area (TPSA) is 102 Å². The third kappa shape index (κ3) is 6.42. The maximum atomic E-state index is 13.6. The molecule has 0 heterocycles. The van der Waals surface area contributed by atoms with Gasteiger partial charge in [-0.05, 0) is 87.9 Å². The van der Waals surface area contributed by atoms with E-state index in [0.717, 1.165) is 9.87 Å². The monoisotopic (exact) mass is 510 g/mol. The fourth-order valence-corrected chi connectivity index (χ4v) is 4.91. The maximum Gasteiger partial charge on any atom is 0.338 e. The predicted molar refractivity (Wildman–Crippen MR) is 139 cm³/mol. The Labute approximate surface area is 211 Å². The van der Waals surface area contributed by atoms with Crippen LogP contribution in [-0.2, 0) is 19.6 Å². The second kappa shape index (κ2) is 11.7. The van der Waals surface area contributed by atoms with Crippen LogP contribution >= 0.6 is 0 Å². The molecule has 0 aromatic heterocycles. The Hall–Kier alpha value is -3.85. The van der Waals surface area contributed by atoms with Crippen molar-refractivity contribution in [3.63, 3.8) is 0 Å². The standard InChI is InChI=1S/C27H30N2O6S/c1-5-34-23-12-14-24(15-13-23)36(32,33)29(22-10-7-19(3)8-11-22)18-26(30)28-25-16-9-21(17-20(25)4)27(31)35-6-2/h7-17H,5-6,18H2,1-4H3,(H,28,30). The first-order chi connectivity index (χ1) is 17.1. The van der Waals surface area contributed by atoms with Crippen molar-refractivity contribution >= 4 is 33.3 Å². The van der Waals surface area contributed by atoms with Crippen molar-refractivity contribution in [1.82, 2.24) is 0 Å². The molecule has 3 rings (SSSR count). The first-order valence-electron chi connectivity index (χ1n) is 11.6. The lowest BCUT2D eigenvalue weighted by Crippen LogP contribution is -2.38. The molecule has 1 amide bonds. The van der Waals surface area contributed by atoms with Gasteiger partial charge in [-0.3, -0.25) is 9.10 Å². The zero-order chi connectivity index (χ0) is 26.3. The fourth-order valence-electron chi connectivity index (χ4n) is 3.49. The quantitative estimate of drug-likeness (QED) is 0.396. The van der Waals surface area contributed by atoms with Gasteiger partial charge >= 0.3 is 5.97 Å². The van der Waals surface area contributed by atoms with E-state index >= 15 is 0 Å². The molecule has 0 atom stereocenters. The van der Waals surface area contributed by atoms with E-state index in [1.165, 1.54) is 12.1 Å². The number of hydrogen-bond donors (Lipinski definition) is 1. The number of amides is 1. The SMILES string of the molecule is CCOC(=O)c1ccc(NC(=O)CN(c2ccc(C)cc2)S(=O)(=O)c2ccc(OCC)cc2)c(C)c1. The molecule has 0 radical (unpaired) electrons. The van der Waals surface area contributed by atoms with Crippen LogP contribution < -0.4 is 14.4 Å². The molecule has 36 heavy (non-hydrogen) atoms. The highest BCUT2D eigenvalue weighted by molar-refractivity contribution is 7.92. The molecule has 0 aliphatic carbocycles. The number of anilines is 2. The van der Waals surface area contributed by atoms with Gasteiger partial charge in [0.1, 0.15) is 12.3 Å². The van der Waals surface area contributed by atoms with E-state index in [1.54, 1.807) is 68.4 Å². The molecule has 3 aromatic carbocycles. The average Bonchev–Trinajstić information content (AvgIpc) is 2.85. The lowest BCUT2D eigenvalue weighted by molar-refractivity contribution is -0.114. The van der Waals surface area contributed by atoms with E-state index in [9.17, 15) is 18.0 Å². The summed E-state index contributed by atoms with van der Waals surface area (Å²) >= 11 is 0. The smallest absolute Gasteiger partial charge is 0.338 e. The van der Waals surface area contributed by atoms with Crippen molar-refractivity contribution < 1.29 is 27.5 Å². The van der Waals surface area contributed by atoms with Gasteiger partial charge < -0.3 is 14.8 Å². The summed E-state index contributed by atoms with van der Waals surface area (Å²) in [7, 11) is -4.06. The minimum Gasteiger partial charge on any atom is -0.494 e. The molecule has 0 aliphatic heterocycles. The van der Waals surface area contributed by atoms with Crippen LogP contribution in [0.15, 0.2) is 71.6 Å². The highest BCUT2D eigenvalue weighted by Crippen LogP contribution is 2.26. The Morgan fingerprint density at radius 2 is 1.56 bits per heavy atom. The van der Waals surface area contributed by atoms with Gasteiger partial charge in [0.2, 0.25) is 5.91 Å². The Bertz CT molecular complexity index is 1320. The molecule has 0 unspecified atom stereocenters. The number of benzene rings is 3. The second-order valence-electron chi connectivity index (χ2n) is 8.05. The number of rotatable bonds is 10. The van der Waals surface area contributed by atoms with E-state index in [-0.39, 0.29) is 11.5 Å². The molecule has 0 saturated heterocycles. The second-order valence-corrected chi connectivity index (χ2v) is 9.91. The van der Waals surface area contributed by atoms with Gasteiger partial charge in [-0.15, -0.1) is 0 Å². The van der Waals surface area contributed by atoms with Crippen molar-refractivity contribution in [2.75, 3.05) is 29.4 Å². The molecule has 0 bridgehead atoms. The highest BCUT2D eigenvalue weighted by Gasteiger charge is 2.27. The largest absolute Gasteiger partial charge is 0.494 e. The van der Waals surface area contributed by atoms with Crippen molar-refractivity contribution in [2.24, 2.45) is 0 Å². The molecule has 0 spiro atoms. The van der Waals surface area contributed by atoms with Gasteiger partial charge in [-0.2, -0.15) is 0 Å². The van der Waals surface area contributed by atoms with Crippen molar-refractivity contribution in [2.45, 2.75) is 32.6 Å². The summed E-state index contributed by atoms with van der Waals surface area (Å²) in [5, 5.41) is 2.75. The Morgan fingerprint density at radius 3 is 2.14 bits per heavy atom. The first kappa shape index (κ1) is 26.7. The van der Waals surface area contributed by atoms with Crippen LogP contribution in [0.1, 0.15) is 35.3 Å². The van der Waals surface area contributed by atoms with Gasteiger partial charge in [-0.25, -0.2) is 13.2 Å². The summed E-state index contributed by atoms with van der Waals surface area (Å²) in [5.41, 5.74) is 2.80. The van der Waals surface area contributed by atoms with E-state index in [2.05, 4.69) is 5.32 Å². The summed E-state index contributed by atoms with van der Waals surface area (Å²) in [6, 6.07) is 17.7. The minimum absolute atomic E-state index is 0.0364. The van der Waals surface area contributed by atoms with Crippen molar-refractivity contribution in [3.05, 3.63) is 83.4 Å². The molecule has 9 heteroatoms. The summed E-state index contributed by atoms with van der Waals surface area (Å²) < 4.78 is 38.6. The molecule has 0 saturated carbocycles. The number of ether oxygens (including phenoxy) is 2. The van der Waals surface area contributed by atoms with Gasteiger partial charge in [0.15, 0.2) is 0 Å². The van der Waals surface area contributed by atoms with Crippen LogP contribution in [0.4, 0.5) is 11.4 Å². The number of esters is 1. The minimum atomic E-state index is -4.06. The summed E-state index contributed by atoms with van der Waals surface area (Å²) in [5.74, 6) is -0.430. The third-order valence-electron chi connectivity index (χ3n) is 5.34. The lowest BCUT2D eigenvalue weighted by Gasteiger charge is -2.24. The molecule has 0 aliphatic rings. The van der Waals surface area contributed by atoms with Crippen LogP contribution in [0.3, 0.4) is 0 Å². The number of nitrogens with zero attached hydrogens (tertiary/aromatic N) is 1. The molecule has 0 fully saturated rings. The van der Waals surface area contributed by atoms with Crippen LogP contribution in [0.2, 0.25) is 0 Å². The summed E-state index contributed by atoms with van der Waals surface area (Å²) in [6.45, 7) is 7.47. The molecule has 1 N–H and O–H groups in total. The van der Waals surface area contributed by atoms with Gasteiger partial charge in [0.25, 0.3) is 10.0 Å². The third-order valence-corrected chi connectivity index (χ3v) is 7.13. The Balaban J connectivity index is 1.88. The Kier molecular flexibility index (Phi) is 8.71. The van der Waals surface area contributed by atoms with Crippen LogP contribution in [0.5, 0.6) is 5.75 Å². The number of hydrogen-bond acceptors (Lipinski definition) is 6. The van der Waals surface area contributed by atoms with Crippen LogP contribution in [-0.4, -0.2) is 40.1 Å². The maximum absolute atomic E-state index is 13.6. The van der Waals surface area contributed by atoms with E-state index in [0.29, 0.717) is 34.9 Å². The van der Waals surface area contributed by atoms with Crippen LogP contribution in [0.25, 0.3) is 0 Å². The number of carbonyl (C=O) groups is 2. The van der Waals surface area contributed by atoms with Crippen molar-refractivity contribution in [3.8, 4) is 5.75 Å². The van der Waals surface area contributed by atoms with Gasteiger partial charge in [-0.1, -0.05) is 17.7 Å². The van der Waals surface area contributed by atoms with Gasteiger partial charge in [0.05, 0.1) is 29.4 Å². The van der Waals surface area contributed by atoms with Gasteiger partial charge in [0, 0.05) is 5.69 Å². The molecule has 3 aromatic rings. The van der Waals surface area contributed by atoms with Crippen LogP contribution in [0, 0.1) is 13.8 Å². The number of carbonyl (C=O) groups excluding carboxylic acids is 2. The zero-order valence-corrected chi connectivity index (χ0v) is 21.6. The van der Waals surface area contributed by atoms with Crippen molar-refractivity contribution in [1.29, 1.82) is 0 Å². The fraction of sp³-hybridized carbons (Fsp3) is 0.259. The van der Waals surface area contributed by atoms with E-state index in [1.807, 2.05) is 13.8 Å². The lowest BCUT2D eigenvalue weighted by atomic mass is 10.1. The average molecular weight is 511 g/mol. The molecule has 190 valence electrons. The number of sulfonamides is 1.